The predicted octanol–water partition coefficient (Wildman–Crippen LogP) is 2.59. The van der Waals surface area contributed by atoms with Gasteiger partial charge in [0.05, 0.1) is 6.54 Å². The molecule has 0 amide bonds. The van der Waals surface area contributed by atoms with E-state index in [9.17, 15) is 0 Å². The van der Waals surface area contributed by atoms with Gasteiger partial charge in [0, 0.05) is 38.1 Å². The maximum Gasteiger partial charge on any atom is 0.194 e. The number of aliphatic imine (C=N–C) groups is 1. The number of hydrogen-bond donors (Lipinski definition) is 1. The second-order valence-electron chi connectivity index (χ2n) is 5.48. The molecular formula is C17H25ClN6. The lowest BCUT2D eigenvalue weighted by atomic mass is 10.2. The van der Waals surface area contributed by atoms with Crippen molar-refractivity contribution in [3.8, 4) is 0 Å². The monoisotopic (exact) mass is 348 g/mol. The number of guanidine groups is 1. The van der Waals surface area contributed by atoms with Gasteiger partial charge in [-0.15, -0.1) is 10.2 Å². The van der Waals surface area contributed by atoms with E-state index in [1.807, 2.05) is 35.9 Å². The van der Waals surface area contributed by atoms with Crippen LogP contribution in [0.3, 0.4) is 0 Å². The molecule has 130 valence electrons. The zero-order valence-corrected chi connectivity index (χ0v) is 15.3. The second-order valence-corrected chi connectivity index (χ2v) is 5.88. The summed E-state index contributed by atoms with van der Waals surface area (Å²) in [4.78, 5) is 6.78. The van der Waals surface area contributed by atoms with Crippen molar-refractivity contribution < 1.29 is 0 Å². The van der Waals surface area contributed by atoms with E-state index in [-0.39, 0.29) is 0 Å². The SMILES string of the molecule is CCNC(=NCCn1cnnc1CC)N(C)Cc1ccccc1Cl. The van der Waals surface area contributed by atoms with E-state index in [2.05, 4.69) is 34.3 Å². The third-order valence-electron chi connectivity index (χ3n) is 3.68. The molecule has 0 atom stereocenters. The highest BCUT2D eigenvalue weighted by Gasteiger charge is 2.09. The van der Waals surface area contributed by atoms with Crippen molar-refractivity contribution in [3.05, 3.63) is 47.0 Å². The van der Waals surface area contributed by atoms with E-state index in [1.54, 1.807) is 6.33 Å². The predicted molar refractivity (Wildman–Crippen MR) is 98.3 cm³/mol. The summed E-state index contributed by atoms with van der Waals surface area (Å²) in [5, 5.41) is 12.1. The highest BCUT2D eigenvalue weighted by molar-refractivity contribution is 6.31. The van der Waals surface area contributed by atoms with Crippen LogP contribution in [0.5, 0.6) is 0 Å². The van der Waals surface area contributed by atoms with Gasteiger partial charge in [0.15, 0.2) is 5.96 Å². The van der Waals surface area contributed by atoms with Crippen molar-refractivity contribution in [1.82, 2.24) is 25.0 Å². The van der Waals surface area contributed by atoms with Crippen LogP contribution in [0.4, 0.5) is 0 Å². The molecule has 0 aliphatic heterocycles. The molecule has 2 aromatic rings. The van der Waals surface area contributed by atoms with Crippen LogP contribution in [-0.4, -0.2) is 45.8 Å². The first-order valence-corrected chi connectivity index (χ1v) is 8.63. The molecule has 2 rings (SSSR count). The van der Waals surface area contributed by atoms with Gasteiger partial charge in [0.2, 0.25) is 0 Å². The molecule has 0 saturated carbocycles. The summed E-state index contributed by atoms with van der Waals surface area (Å²) in [5.74, 6) is 1.85. The summed E-state index contributed by atoms with van der Waals surface area (Å²) in [6.45, 7) is 7.10. The van der Waals surface area contributed by atoms with Gasteiger partial charge in [-0.2, -0.15) is 0 Å². The Bertz CT molecular complexity index is 667. The van der Waals surface area contributed by atoms with Crippen molar-refractivity contribution in [2.24, 2.45) is 4.99 Å². The van der Waals surface area contributed by atoms with Crippen molar-refractivity contribution in [2.75, 3.05) is 20.1 Å². The van der Waals surface area contributed by atoms with E-state index in [1.165, 1.54) is 0 Å². The molecule has 6 nitrogen and oxygen atoms in total. The molecular weight excluding hydrogens is 324 g/mol. The largest absolute Gasteiger partial charge is 0.357 e. The fourth-order valence-electron chi connectivity index (χ4n) is 2.43. The topological polar surface area (TPSA) is 58.3 Å². The molecule has 1 aromatic carbocycles. The molecule has 0 aliphatic rings. The first-order chi connectivity index (χ1) is 11.7. The van der Waals surface area contributed by atoms with Gasteiger partial charge in [0.1, 0.15) is 12.2 Å². The highest BCUT2D eigenvalue weighted by Crippen LogP contribution is 2.16. The molecule has 0 unspecified atom stereocenters. The molecule has 0 aliphatic carbocycles. The number of aromatic nitrogens is 3. The standard InChI is InChI=1S/C17H25ClN6/c1-4-16-22-21-13-24(16)11-10-20-17(19-5-2)23(3)12-14-8-6-7-9-15(14)18/h6-9,13H,4-5,10-12H2,1-3H3,(H,19,20). The number of halogens is 1. The summed E-state index contributed by atoms with van der Waals surface area (Å²) in [7, 11) is 2.01. The number of aryl methyl sites for hydroxylation is 1. The smallest absolute Gasteiger partial charge is 0.194 e. The molecule has 24 heavy (non-hydrogen) atoms. The van der Waals surface area contributed by atoms with Crippen LogP contribution < -0.4 is 5.32 Å². The van der Waals surface area contributed by atoms with Crippen LogP contribution in [-0.2, 0) is 19.5 Å². The zero-order valence-electron chi connectivity index (χ0n) is 14.5. The van der Waals surface area contributed by atoms with Gasteiger partial charge in [-0.25, -0.2) is 0 Å². The average molecular weight is 349 g/mol. The van der Waals surface area contributed by atoms with Crippen LogP contribution >= 0.6 is 11.6 Å². The minimum Gasteiger partial charge on any atom is -0.357 e. The van der Waals surface area contributed by atoms with Crippen LogP contribution in [0.25, 0.3) is 0 Å². The summed E-state index contributed by atoms with van der Waals surface area (Å²) in [5.41, 5.74) is 1.08. The van der Waals surface area contributed by atoms with Gasteiger partial charge < -0.3 is 14.8 Å². The normalized spacial score (nSPS) is 11.6. The molecule has 7 heteroatoms. The number of rotatable bonds is 7. The second kappa shape index (κ2) is 9.27. The Kier molecular flexibility index (Phi) is 7.06. The lowest BCUT2D eigenvalue weighted by Crippen LogP contribution is -2.38. The van der Waals surface area contributed by atoms with E-state index < -0.39 is 0 Å². The first-order valence-electron chi connectivity index (χ1n) is 8.25. The molecule has 0 saturated heterocycles. The Morgan fingerprint density at radius 3 is 2.83 bits per heavy atom. The minimum absolute atomic E-state index is 0.667. The number of hydrogen-bond acceptors (Lipinski definition) is 3. The summed E-state index contributed by atoms with van der Waals surface area (Å²) >= 11 is 6.25. The Labute approximate surface area is 148 Å². The fraction of sp³-hybridized carbons (Fsp3) is 0.471. The van der Waals surface area contributed by atoms with E-state index in [4.69, 9.17) is 16.6 Å². The molecule has 0 bridgehead atoms. The Hall–Kier alpha value is -2.08. The summed E-state index contributed by atoms with van der Waals surface area (Å²) in [6.07, 6.45) is 2.63. The maximum absolute atomic E-state index is 6.25. The molecule has 1 aromatic heterocycles. The highest BCUT2D eigenvalue weighted by atomic mass is 35.5. The zero-order chi connectivity index (χ0) is 17.4. The lowest BCUT2D eigenvalue weighted by Gasteiger charge is -2.22. The van der Waals surface area contributed by atoms with Gasteiger partial charge >= 0.3 is 0 Å². The van der Waals surface area contributed by atoms with E-state index in [0.29, 0.717) is 13.1 Å². The number of nitrogens with one attached hydrogen (secondary N) is 1. The number of nitrogens with zero attached hydrogens (tertiary/aromatic N) is 5. The van der Waals surface area contributed by atoms with Crippen molar-refractivity contribution in [2.45, 2.75) is 33.4 Å². The van der Waals surface area contributed by atoms with E-state index in [0.717, 1.165) is 41.9 Å². The van der Waals surface area contributed by atoms with Gasteiger partial charge in [-0.3, -0.25) is 4.99 Å². The summed E-state index contributed by atoms with van der Waals surface area (Å²) in [6, 6.07) is 7.88. The van der Waals surface area contributed by atoms with Gasteiger partial charge in [-0.05, 0) is 18.6 Å². The van der Waals surface area contributed by atoms with Gasteiger partial charge in [-0.1, -0.05) is 36.7 Å². The third kappa shape index (κ3) is 4.96. The van der Waals surface area contributed by atoms with Crippen LogP contribution in [0.15, 0.2) is 35.6 Å². The summed E-state index contributed by atoms with van der Waals surface area (Å²) < 4.78 is 2.04. The number of benzene rings is 1. The third-order valence-corrected chi connectivity index (χ3v) is 4.04. The minimum atomic E-state index is 0.667. The van der Waals surface area contributed by atoms with Crippen molar-refractivity contribution >= 4 is 17.6 Å². The van der Waals surface area contributed by atoms with E-state index >= 15 is 0 Å². The molecule has 0 radical (unpaired) electrons. The Balaban J connectivity index is 2.00. The lowest BCUT2D eigenvalue weighted by molar-refractivity contribution is 0.475. The molecule has 0 fully saturated rings. The van der Waals surface area contributed by atoms with Crippen LogP contribution in [0, 0.1) is 0 Å². The van der Waals surface area contributed by atoms with Crippen LogP contribution in [0.2, 0.25) is 5.02 Å². The van der Waals surface area contributed by atoms with Crippen molar-refractivity contribution in [1.29, 1.82) is 0 Å². The first kappa shape index (κ1) is 18.3. The quantitative estimate of drug-likeness (QED) is 0.617. The van der Waals surface area contributed by atoms with Crippen molar-refractivity contribution in [3.63, 3.8) is 0 Å². The fourth-order valence-corrected chi connectivity index (χ4v) is 2.63. The average Bonchev–Trinajstić information content (AvgIpc) is 3.03. The molecule has 1 N–H and O–H groups in total. The Morgan fingerprint density at radius 1 is 1.33 bits per heavy atom. The Morgan fingerprint density at radius 2 is 2.12 bits per heavy atom. The molecule has 1 heterocycles. The van der Waals surface area contributed by atoms with Gasteiger partial charge in [0.25, 0.3) is 0 Å². The maximum atomic E-state index is 6.25. The molecule has 0 spiro atoms. The van der Waals surface area contributed by atoms with Crippen LogP contribution in [0.1, 0.15) is 25.2 Å².